The SMILES string of the molecule is NC1CCC2CN(C(=O)c3cc(F)cc4cccnc34)CC12. The quantitative estimate of drug-likeness (QED) is 0.878. The molecule has 114 valence electrons. The van der Waals surface area contributed by atoms with Crippen molar-refractivity contribution in [1.29, 1.82) is 0 Å². The number of fused-ring (bicyclic) bond motifs is 2. The normalized spacial score (nSPS) is 27.4. The zero-order chi connectivity index (χ0) is 15.3. The maximum absolute atomic E-state index is 13.8. The topological polar surface area (TPSA) is 59.2 Å². The number of amides is 1. The second-order valence-electron chi connectivity index (χ2n) is 6.40. The number of nitrogens with two attached hydrogens (primary N) is 1. The van der Waals surface area contributed by atoms with Gasteiger partial charge in [-0.3, -0.25) is 9.78 Å². The Morgan fingerprint density at radius 1 is 1.32 bits per heavy atom. The molecule has 1 aliphatic heterocycles. The minimum absolute atomic E-state index is 0.134. The van der Waals surface area contributed by atoms with E-state index in [0.29, 0.717) is 34.8 Å². The van der Waals surface area contributed by atoms with E-state index in [2.05, 4.69) is 4.98 Å². The Morgan fingerprint density at radius 3 is 3.00 bits per heavy atom. The Labute approximate surface area is 128 Å². The highest BCUT2D eigenvalue weighted by molar-refractivity contribution is 6.05. The molecule has 4 nitrogen and oxygen atoms in total. The Kier molecular flexibility index (Phi) is 3.11. The molecule has 22 heavy (non-hydrogen) atoms. The van der Waals surface area contributed by atoms with E-state index in [1.807, 2.05) is 4.90 Å². The lowest BCUT2D eigenvalue weighted by Gasteiger charge is -2.19. The first-order chi connectivity index (χ1) is 10.6. The molecule has 0 spiro atoms. The van der Waals surface area contributed by atoms with Crippen LogP contribution in [0.4, 0.5) is 4.39 Å². The summed E-state index contributed by atoms with van der Waals surface area (Å²) < 4.78 is 13.8. The third-order valence-corrected chi connectivity index (χ3v) is 5.10. The molecule has 3 atom stereocenters. The Hall–Kier alpha value is -2.01. The van der Waals surface area contributed by atoms with Gasteiger partial charge in [0.2, 0.25) is 0 Å². The van der Waals surface area contributed by atoms with Gasteiger partial charge in [0.05, 0.1) is 11.1 Å². The van der Waals surface area contributed by atoms with Gasteiger partial charge in [-0.25, -0.2) is 4.39 Å². The minimum atomic E-state index is -0.403. The first-order valence-electron chi connectivity index (χ1n) is 7.72. The van der Waals surface area contributed by atoms with Crippen LogP contribution < -0.4 is 5.73 Å². The van der Waals surface area contributed by atoms with E-state index < -0.39 is 5.82 Å². The predicted molar refractivity (Wildman–Crippen MR) is 81.8 cm³/mol. The van der Waals surface area contributed by atoms with Crippen molar-refractivity contribution in [1.82, 2.24) is 9.88 Å². The molecule has 2 N–H and O–H groups in total. The van der Waals surface area contributed by atoms with Crippen LogP contribution >= 0.6 is 0 Å². The van der Waals surface area contributed by atoms with E-state index in [4.69, 9.17) is 5.73 Å². The number of hydrogen-bond donors (Lipinski definition) is 1. The largest absolute Gasteiger partial charge is 0.338 e. The van der Waals surface area contributed by atoms with Crippen LogP contribution in [0.1, 0.15) is 23.2 Å². The highest BCUT2D eigenvalue weighted by Gasteiger charge is 2.42. The van der Waals surface area contributed by atoms with E-state index in [9.17, 15) is 9.18 Å². The first kappa shape index (κ1) is 13.6. The Balaban J connectivity index is 1.69. The highest BCUT2D eigenvalue weighted by Crippen LogP contribution is 2.38. The van der Waals surface area contributed by atoms with Gasteiger partial charge in [0.1, 0.15) is 5.82 Å². The maximum Gasteiger partial charge on any atom is 0.256 e. The molecule has 0 bridgehead atoms. The molecule has 2 fully saturated rings. The van der Waals surface area contributed by atoms with Gasteiger partial charge in [0.25, 0.3) is 5.91 Å². The summed E-state index contributed by atoms with van der Waals surface area (Å²) in [5.74, 6) is 0.341. The molecule has 5 heteroatoms. The summed E-state index contributed by atoms with van der Waals surface area (Å²) in [5, 5.41) is 0.655. The van der Waals surface area contributed by atoms with Crippen LogP contribution in [0.15, 0.2) is 30.5 Å². The highest BCUT2D eigenvalue weighted by atomic mass is 19.1. The predicted octanol–water partition coefficient (Wildman–Crippen LogP) is 2.18. The van der Waals surface area contributed by atoms with Crippen molar-refractivity contribution in [2.45, 2.75) is 18.9 Å². The molecular formula is C17H18FN3O. The van der Waals surface area contributed by atoms with Crippen LogP contribution in [0, 0.1) is 17.7 Å². The van der Waals surface area contributed by atoms with E-state index in [-0.39, 0.29) is 11.9 Å². The summed E-state index contributed by atoms with van der Waals surface area (Å²) in [6, 6.07) is 6.41. The molecule has 1 saturated heterocycles. The van der Waals surface area contributed by atoms with Gasteiger partial charge in [-0.15, -0.1) is 0 Å². The molecule has 1 amide bonds. The van der Waals surface area contributed by atoms with Crippen molar-refractivity contribution in [2.24, 2.45) is 17.6 Å². The van der Waals surface area contributed by atoms with Gasteiger partial charge in [0, 0.05) is 30.7 Å². The zero-order valence-electron chi connectivity index (χ0n) is 12.2. The first-order valence-corrected chi connectivity index (χ1v) is 7.72. The van der Waals surface area contributed by atoms with Crippen molar-refractivity contribution in [3.8, 4) is 0 Å². The van der Waals surface area contributed by atoms with E-state index in [0.717, 1.165) is 19.4 Å². The summed E-state index contributed by atoms with van der Waals surface area (Å²) in [6.07, 6.45) is 3.76. The molecule has 1 aliphatic carbocycles. The van der Waals surface area contributed by atoms with Crippen LogP contribution in [-0.2, 0) is 0 Å². The van der Waals surface area contributed by atoms with Gasteiger partial charge < -0.3 is 10.6 Å². The summed E-state index contributed by atoms with van der Waals surface area (Å²) in [6.45, 7) is 1.40. The lowest BCUT2D eigenvalue weighted by Crippen LogP contribution is -2.33. The third kappa shape index (κ3) is 2.08. The van der Waals surface area contributed by atoms with E-state index in [1.165, 1.54) is 12.1 Å². The zero-order valence-corrected chi connectivity index (χ0v) is 12.2. The van der Waals surface area contributed by atoms with Gasteiger partial charge in [-0.1, -0.05) is 6.07 Å². The maximum atomic E-state index is 13.8. The van der Waals surface area contributed by atoms with Gasteiger partial charge >= 0.3 is 0 Å². The molecule has 1 aromatic heterocycles. The Morgan fingerprint density at radius 2 is 2.18 bits per heavy atom. The molecule has 2 aliphatic rings. The number of benzene rings is 1. The number of carbonyl (C=O) groups excluding carboxylic acids is 1. The van der Waals surface area contributed by atoms with Gasteiger partial charge in [0.15, 0.2) is 0 Å². The lowest BCUT2D eigenvalue weighted by molar-refractivity contribution is 0.0781. The van der Waals surface area contributed by atoms with Crippen molar-refractivity contribution in [3.05, 3.63) is 41.8 Å². The summed E-state index contributed by atoms with van der Waals surface area (Å²) >= 11 is 0. The number of likely N-dealkylation sites (tertiary alicyclic amines) is 1. The van der Waals surface area contributed by atoms with Gasteiger partial charge in [-0.2, -0.15) is 0 Å². The number of pyridine rings is 1. The second-order valence-corrected chi connectivity index (χ2v) is 6.40. The van der Waals surface area contributed by atoms with E-state index in [1.54, 1.807) is 18.3 Å². The van der Waals surface area contributed by atoms with Crippen LogP contribution in [0.5, 0.6) is 0 Å². The van der Waals surface area contributed by atoms with Crippen LogP contribution in [0.2, 0.25) is 0 Å². The fourth-order valence-electron chi connectivity index (χ4n) is 3.96. The van der Waals surface area contributed by atoms with Crippen molar-refractivity contribution >= 4 is 16.8 Å². The number of rotatable bonds is 1. The molecule has 3 unspecified atom stereocenters. The lowest BCUT2D eigenvalue weighted by atomic mass is 9.98. The molecular weight excluding hydrogens is 281 g/mol. The number of nitrogens with zero attached hydrogens (tertiary/aromatic N) is 2. The smallest absolute Gasteiger partial charge is 0.256 e. The molecule has 2 aromatic rings. The summed E-state index contributed by atoms with van der Waals surface area (Å²) in [4.78, 5) is 18.9. The fraction of sp³-hybridized carbons (Fsp3) is 0.412. The van der Waals surface area contributed by atoms with Crippen LogP contribution in [-0.4, -0.2) is 34.9 Å². The molecule has 4 rings (SSSR count). The molecule has 2 heterocycles. The minimum Gasteiger partial charge on any atom is -0.338 e. The fourth-order valence-corrected chi connectivity index (χ4v) is 3.96. The van der Waals surface area contributed by atoms with Crippen molar-refractivity contribution in [2.75, 3.05) is 13.1 Å². The molecule has 1 aromatic carbocycles. The van der Waals surface area contributed by atoms with Crippen molar-refractivity contribution < 1.29 is 9.18 Å². The van der Waals surface area contributed by atoms with Crippen LogP contribution in [0.3, 0.4) is 0 Å². The second kappa shape index (κ2) is 5.02. The summed E-state index contributed by atoms with van der Waals surface area (Å²) in [7, 11) is 0. The average molecular weight is 299 g/mol. The van der Waals surface area contributed by atoms with Gasteiger partial charge in [-0.05, 0) is 42.9 Å². The molecule has 1 saturated carbocycles. The van der Waals surface area contributed by atoms with Crippen molar-refractivity contribution in [3.63, 3.8) is 0 Å². The standard InChI is InChI=1S/C17H18FN3O/c18-12-6-10-2-1-5-20-16(10)13(7-12)17(22)21-8-11-3-4-15(19)14(11)9-21/h1-2,5-7,11,14-15H,3-4,8-9,19H2. The third-order valence-electron chi connectivity index (χ3n) is 5.10. The average Bonchev–Trinajstić information content (AvgIpc) is 3.08. The number of hydrogen-bond acceptors (Lipinski definition) is 3. The summed E-state index contributed by atoms with van der Waals surface area (Å²) in [5.41, 5.74) is 7.04. The number of carbonyl (C=O) groups is 1. The number of halogens is 1. The number of aromatic nitrogens is 1. The monoisotopic (exact) mass is 299 g/mol. The Bertz CT molecular complexity index is 748. The van der Waals surface area contributed by atoms with Crippen LogP contribution in [0.25, 0.3) is 10.9 Å². The molecule has 0 radical (unpaired) electrons. The van der Waals surface area contributed by atoms with E-state index >= 15 is 0 Å².